The highest BCUT2D eigenvalue weighted by atomic mass is 19.4. The van der Waals surface area contributed by atoms with Crippen LogP contribution < -0.4 is 0 Å². The van der Waals surface area contributed by atoms with Crippen molar-refractivity contribution in [2.45, 2.75) is 37.4 Å². The molecule has 1 aliphatic heterocycles. The van der Waals surface area contributed by atoms with Gasteiger partial charge in [-0.25, -0.2) is 4.79 Å². The number of carbonyl (C=O) groups excluding carboxylic acids is 1. The minimum absolute atomic E-state index is 0.0884. The minimum Gasteiger partial charge on any atom is -0.453 e. The van der Waals surface area contributed by atoms with E-state index in [4.69, 9.17) is 9.47 Å². The largest absolute Gasteiger partial charge is 0.453 e. The third-order valence-electron chi connectivity index (χ3n) is 5.32. The lowest BCUT2D eigenvalue weighted by atomic mass is 9.88. The second-order valence-electron chi connectivity index (χ2n) is 7.49. The highest BCUT2D eigenvalue weighted by Gasteiger charge is 2.37. The van der Waals surface area contributed by atoms with Gasteiger partial charge >= 0.3 is 18.4 Å². The number of nitrogens with zero attached hydrogens (tertiary/aromatic N) is 1. The second kappa shape index (κ2) is 9.40. The molecule has 4 nitrogen and oxygen atoms in total. The summed E-state index contributed by atoms with van der Waals surface area (Å²) in [6.07, 6.45) is -10.5. The quantitative estimate of drug-likeness (QED) is 0.535. The Bertz CT molecular complexity index is 897. The number of ether oxygens (including phenoxy) is 2. The molecular formula is C22H21F6NO3. The number of likely N-dealkylation sites (tertiary alicyclic amines) is 1. The Kier molecular flexibility index (Phi) is 7.02. The van der Waals surface area contributed by atoms with Crippen molar-refractivity contribution in [1.29, 1.82) is 0 Å². The van der Waals surface area contributed by atoms with E-state index in [0.29, 0.717) is 18.6 Å². The average Bonchev–Trinajstić information content (AvgIpc) is 2.76. The van der Waals surface area contributed by atoms with Crippen molar-refractivity contribution in [2.24, 2.45) is 0 Å². The molecule has 32 heavy (non-hydrogen) atoms. The molecule has 0 bridgehead atoms. The van der Waals surface area contributed by atoms with Gasteiger partial charge in [0, 0.05) is 19.0 Å². The van der Waals surface area contributed by atoms with Gasteiger partial charge in [-0.2, -0.15) is 26.3 Å². The van der Waals surface area contributed by atoms with Crippen LogP contribution in [-0.4, -0.2) is 37.3 Å². The van der Waals surface area contributed by atoms with Crippen molar-refractivity contribution in [3.8, 4) is 0 Å². The fourth-order valence-corrected chi connectivity index (χ4v) is 3.75. The highest BCUT2D eigenvalue weighted by molar-refractivity contribution is 5.67. The van der Waals surface area contributed by atoms with Crippen molar-refractivity contribution in [3.05, 3.63) is 70.8 Å². The summed E-state index contributed by atoms with van der Waals surface area (Å²) in [6.45, 7) is 0.105. The predicted molar refractivity (Wildman–Crippen MR) is 103 cm³/mol. The van der Waals surface area contributed by atoms with Crippen LogP contribution in [0.25, 0.3) is 0 Å². The Balaban J connectivity index is 1.83. The van der Waals surface area contributed by atoms with Gasteiger partial charge < -0.3 is 14.4 Å². The van der Waals surface area contributed by atoms with Gasteiger partial charge in [0.25, 0.3) is 0 Å². The van der Waals surface area contributed by atoms with Crippen molar-refractivity contribution in [2.75, 3.05) is 20.2 Å². The first-order valence-electron chi connectivity index (χ1n) is 9.77. The molecule has 0 aliphatic carbocycles. The van der Waals surface area contributed by atoms with Crippen LogP contribution in [0.3, 0.4) is 0 Å². The molecule has 1 aliphatic rings. The standard InChI is InChI=1S/C22H21F6NO3/c1-31-20(30)29-8-7-19(18(12-29)15-5-3-2-4-6-15)32-13-14-9-16(21(23,24)25)11-17(10-14)22(26,27)28/h2-6,9-11,18-19H,7-8,12-13H2,1H3/t18-,19-/m0/s1. The molecule has 1 heterocycles. The van der Waals surface area contributed by atoms with E-state index in [-0.39, 0.29) is 30.6 Å². The molecule has 0 N–H and O–H groups in total. The van der Waals surface area contributed by atoms with Gasteiger partial charge in [-0.3, -0.25) is 0 Å². The van der Waals surface area contributed by atoms with Gasteiger partial charge in [0.2, 0.25) is 0 Å². The molecule has 174 valence electrons. The first kappa shape index (κ1) is 23.9. The molecule has 2 atom stereocenters. The van der Waals surface area contributed by atoms with E-state index in [1.807, 2.05) is 18.2 Å². The van der Waals surface area contributed by atoms with Crippen molar-refractivity contribution in [1.82, 2.24) is 4.90 Å². The molecule has 1 saturated heterocycles. The Morgan fingerprint density at radius 3 is 2.12 bits per heavy atom. The number of rotatable bonds is 4. The number of hydrogen-bond donors (Lipinski definition) is 0. The summed E-state index contributed by atoms with van der Waals surface area (Å²) in [5, 5.41) is 0. The van der Waals surface area contributed by atoms with Gasteiger partial charge in [0.05, 0.1) is 30.9 Å². The van der Waals surface area contributed by atoms with E-state index >= 15 is 0 Å². The Labute approximate surface area is 180 Å². The van der Waals surface area contributed by atoms with Gasteiger partial charge in [0.15, 0.2) is 0 Å². The number of carbonyl (C=O) groups is 1. The summed E-state index contributed by atoms with van der Waals surface area (Å²) in [7, 11) is 1.26. The van der Waals surface area contributed by atoms with Crippen LogP contribution in [0.5, 0.6) is 0 Å². The average molecular weight is 461 g/mol. The summed E-state index contributed by atoms with van der Waals surface area (Å²) < 4.78 is 89.2. The third-order valence-corrected chi connectivity index (χ3v) is 5.32. The maximum atomic E-state index is 13.1. The molecule has 0 radical (unpaired) electrons. The van der Waals surface area contributed by atoms with Crippen molar-refractivity contribution >= 4 is 6.09 Å². The molecular weight excluding hydrogens is 440 g/mol. The maximum absolute atomic E-state index is 13.1. The van der Waals surface area contributed by atoms with E-state index in [9.17, 15) is 31.1 Å². The van der Waals surface area contributed by atoms with Gasteiger partial charge in [-0.15, -0.1) is 0 Å². The van der Waals surface area contributed by atoms with E-state index in [1.165, 1.54) is 12.0 Å². The normalized spacial score (nSPS) is 19.7. The number of piperidine rings is 1. The summed E-state index contributed by atoms with van der Waals surface area (Å²) in [4.78, 5) is 13.4. The molecule has 2 aromatic rings. The Morgan fingerprint density at radius 2 is 1.59 bits per heavy atom. The highest BCUT2D eigenvalue weighted by Crippen LogP contribution is 2.37. The van der Waals surface area contributed by atoms with Crippen LogP contribution in [0.1, 0.15) is 34.6 Å². The van der Waals surface area contributed by atoms with E-state index < -0.39 is 42.3 Å². The minimum atomic E-state index is -4.92. The van der Waals surface area contributed by atoms with Crippen LogP contribution in [0.4, 0.5) is 31.1 Å². The zero-order valence-corrected chi connectivity index (χ0v) is 17.0. The molecule has 10 heteroatoms. The molecule has 0 spiro atoms. The van der Waals surface area contributed by atoms with Crippen LogP contribution in [-0.2, 0) is 28.4 Å². The molecule has 1 fully saturated rings. The topological polar surface area (TPSA) is 38.8 Å². The first-order chi connectivity index (χ1) is 15.0. The van der Waals surface area contributed by atoms with E-state index in [1.54, 1.807) is 12.1 Å². The van der Waals surface area contributed by atoms with Gasteiger partial charge in [-0.1, -0.05) is 30.3 Å². The molecule has 1 amide bonds. The lowest BCUT2D eigenvalue weighted by Crippen LogP contribution is -2.45. The SMILES string of the molecule is COC(=O)N1CC[C@H](OCc2cc(C(F)(F)F)cc(C(F)(F)F)c2)[C@H](c2ccccc2)C1. The van der Waals surface area contributed by atoms with Crippen LogP contribution in [0, 0.1) is 0 Å². The van der Waals surface area contributed by atoms with Crippen LogP contribution >= 0.6 is 0 Å². The molecule has 2 aromatic carbocycles. The zero-order valence-electron chi connectivity index (χ0n) is 17.0. The summed E-state index contributed by atoms with van der Waals surface area (Å²) >= 11 is 0. The summed E-state index contributed by atoms with van der Waals surface area (Å²) in [6, 6.07) is 10.5. The molecule has 3 rings (SSSR count). The predicted octanol–water partition coefficient (Wildman–Crippen LogP) is 5.87. The first-order valence-corrected chi connectivity index (χ1v) is 9.77. The number of benzene rings is 2. The fourth-order valence-electron chi connectivity index (χ4n) is 3.75. The maximum Gasteiger partial charge on any atom is 0.416 e. The summed E-state index contributed by atoms with van der Waals surface area (Å²) in [5.74, 6) is -0.322. The van der Waals surface area contributed by atoms with Crippen molar-refractivity contribution in [3.63, 3.8) is 0 Å². The third kappa shape index (κ3) is 5.73. The summed E-state index contributed by atoms with van der Waals surface area (Å²) in [5.41, 5.74) is -2.16. The van der Waals surface area contributed by atoms with Crippen LogP contribution in [0.2, 0.25) is 0 Å². The molecule has 0 aromatic heterocycles. The number of alkyl halides is 6. The van der Waals surface area contributed by atoms with Gasteiger partial charge in [-0.05, 0) is 35.7 Å². The molecule has 0 unspecified atom stereocenters. The van der Waals surface area contributed by atoms with E-state index in [2.05, 4.69) is 0 Å². The number of methoxy groups -OCH3 is 1. The second-order valence-corrected chi connectivity index (χ2v) is 7.49. The lowest BCUT2D eigenvalue weighted by molar-refractivity contribution is -0.143. The monoisotopic (exact) mass is 461 g/mol. The fraction of sp³-hybridized carbons (Fsp3) is 0.409. The number of hydrogen-bond acceptors (Lipinski definition) is 3. The Morgan fingerprint density at radius 1 is 1.00 bits per heavy atom. The van der Waals surface area contributed by atoms with E-state index in [0.717, 1.165) is 5.56 Å². The smallest absolute Gasteiger partial charge is 0.416 e. The molecule has 0 saturated carbocycles. The van der Waals surface area contributed by atoms with Gasteiger partial charge in [0.1, 0.15) is 0 Å². The van der Waals surface area contributed by atoms with Crippen LogP contribution in [0.15, 0.2) is 48.5 Å². The lowest BCUT2D eigenvalue weighted by Gasteiger charge is -2.38. The number of amides is 1. The van der Waals surface area contributed by atoms with Crippen molar-refractivity contribution < 1.29 is 40.6 Å². The Hall–Kier alpha value is -2.75. The zero-order chi connectivity index (χ0) is 23.5. The number of halogens is 6.